The fourth-order valence-electron chi connectivity index (χ4n) is 3.08. The van der Waals surface area contributed by atoms with Crippen molar-refractivity contribution in [3.63, 3.8) is 0 Å². The summed E-state index contributed by atoms with van der Waals surface area (Å²) in [5, 5.41) is 12.3. The summed E-state index contributed by atoms with van der Waals surface area (Å²) in [7, 11) is 1.62. The van der Waals surface area contributed by atoms with Crippen molar-refractivity contribution in [1.29, 1.82) is 0 Å². The second-order valence-electron chi connectivity index (χ2n) is 6.41. The zero-order valence-corrected chi connectivity index (χ0v) is 14.5. The maximum atomic E-state index is 12.4. The van der Waals surface area contributed by atoms with Gasteiger partial charge >= 0.3 is 5.97 Å². The van der Waals surface area contributed by atoms with Crippen molar-refractivity contribution in [2.24, 2.45) is 11.8 Å². The van der Waals surface area contributed by atoms with Crippen molar-refractivity contribution in [3.8, 4) is 5.75 Å². The maximum absolute atomic E-state index is 12.4. The number of methoxy groups -OCH3 is 1. The summed E-state index contributed by atoms with van der Waals surface area (Å²) in [4.78, 5) is 23.9. The van der Waals surface area contributed by atoms with Crippen molar-refractivity contribution in [2.45, 2.75) is 33.1 Å². The molecule has 0 aliphatic heterocycles. The van der Waals surface area contributed by atoms with Crippen LogP contribution < -0.4 is 10.1 Å². The molecule has 1 aromatic carbocycles. The number of carboxylic acids is 1. The minimum absolute atomic E-state index is 0.164. The first-order valence-electron chi connectivity index (χ1n) is 8.21. The number of hydrogen-bond acceptors (Lipinski definition) is 3. The van der Waals surface area contributed by atoms with Gasteiger partial charge in [-0.3, -0.25) is 9.59 Å². The van der Waals surface area contributed by atoms with Gasteiger partial charge in [0.15, 0.2) is 0 Å². The zero-order chi connectivity index (χ0) is 17.7. The molecule has 0 saturated carbocycles. The second kappa shape index (κ2) is 7.99. The number of rotatable bonds is 6. The molecular weight excluding hydrogens is 306 g/mol. The standard InChI is InChI=1S/C19H25NO4/c1-12-10-16(17(19(22)23)11-13(12)2)18(21)20-9-8-14-4-6-15(24-3)7-5-14/h4-7,16-17H,8-11H2,1-3H3,(H,20,21)(H,22,23)/t16-,17+/m0/s1. The molecule has 2 atom stereocenters. The maximum Gasteiger partial charge on any atom is 0.307 e. The Morgan fingerprint density at radius 1 is 1.12 bits per heavy atom. The molecule has 5 heteroatoms. The van der Waals surface area contributed by atoms with Crippen LogP contribution in [0.1, 0.15) is 32.3 Å². The highest BCUT2D eigenvalue weighted by molar-refractivity contribution is 5.85. The Kier molecular flexibility index (Phi) is 6.01. The molecule has 0 aromatic heterocycles. The van der Waals surface area contributed by atoms with Crippen molar-refractivity contribution < 1.29 is 19.4 Å². The Morgan fingerprint density at radius 3 is 2.25 bits per heavy atom. The lowest BCUT2D eigenvalue weighted by Gasteiger charge is -2.29. The van der Waals surface area contributed by atoms with Gasteiger partial charge in [-0.2, -0.15) is 0 Å². The van der Waals surface area contributed by atoms with E-state index in [1.807, 2.05) is 38.1 Å². The molecule has 0 heterocycles. The average molecular weight is 331 g/mol. The minimum Gasteiger partial charge on any atom is -0.497 e. The first-order chi connectivity index (χ1) is 11.4. The summed E-state index contributed by atoms with van der Waals surface area (Å²) in [5.74, 6) is -1.37. The van der Waals surface area contributed by atoms with Crippen LogP contribution >= 0.6 is 0 Å². The van der Waals surface area contributed by atoms with Gasteiger partial charge in [-0.15, -0.1) is 0 Å². The van der Waals surface area contributed by atoms with Crippen LogP contribution in [0, 0.1) is 11.8 Å². The smallest absolute Gasteiger partial charge is 0.307 e. The number of carbonyl (C=O) groups is 2. The van der Waals surface area contributed by atoms with Crippen molar-refractivity contribution in [2.75, 3.05) is 13.7 Å². The lowest BCUT2D eigenvalue weighted by Crippen LogP contribution is -2.40. The number of carboxylic acid groups (broad SMARTS) is 1. The van der Waals surface area contributed by atoms with Gasteiger partial charge in [0.2, 0.25) is 5.91 Å². The topological polar surface area (TPSA) is 75.6 Å². The minimum atomic E-state index is -0.892. The van der Waals surface area contributed by atoms with Gasteiger partial charge < -0.3 is 15.2 Å². The van der Waals surface area contributed by atoms with Crippen molar-refractivity contribution in [3.05, 3.63) is 41.0 Å². The summed E-state index contributed by atoms with van der Waals surface area (Å²) >= 11 is 0. The van der Waals surface area contributed by atoms with Gasteiger partial charge in [0.05, 0.1) is 18.9 Å². The molecule has 0 spiro atoms. The molecule has 130 valence electrons. The molecular formula is C19H25NO4. The Labute approximate surface area is 142 Å². The van der Waals surface area contributed by atoms with Crippen molar-refractivity contribution >= 4 is 11.9 Å². The molecule has 2 N–H and O–H groups in total. The van der Waals surface area contributed by atoms with Gasteiger partial charge in [0.1, 0.15) is 5.75 Å². The van der Waals surface area contributed by atoms with Gasteiger partial charge in [-0.1, -0.05) is 23.3 Å². The van der Waals surface area contributed by atoms with Crippen LogP contribution in [0.25, 0.3) is 0 Å². The number of carbonyl (C=O) groups excluding carboxylic acids is 1. The number of amides is 1. The number of benzene rings is 1. The summed E-state index contributed by atoms with van der Waals surface area (Å²) in [6, 6.07) is 7.69. The molecule has 1 aliphatic rings. The molecule has 0 bridgehead atoms. The van der Waals surface area contributed by atoms with Crippen LogP contribution in [0.15, 0.2) is 35.4 Å². The van der Waals surface area contributed by atoms with Crippen LogP contribution in [-0.2, 0) is 16.0 Å². The van der Waals surface area contributed by atoms with E-state index in [0.717, 1.165) is 22.5 Å². The van der Waals surface area contributed by atoms with E-state index in [2.05, 4.69) is 5.32 Å². The lowest BCUT2D eigenvalue weighted by atomic mass is 9.76. The van der Waals surface area contributed by atoms with Gasteiger partial charge in [-0.25, -0.2) is 0 Å². The van der Waals surface area contributed by atoms with E-state index in [4.69, 9.17) is 4.74 Å². The average Bonchev–Trinajstić information content (AvgIpc) is 2.57. The van der Waals surface area contributed by atoms with Crippen LogP contribution in [0.4, 0.5) is 0 Å². The van der Waals surface area contributed by atoms with E-state index >= 15 is 0 Å². The highest BCUT2D eigenvalue weighted by atomic mass is 16.5. The fourth-order valence-corrected chi connectivity index (χ4v) is 3.08. The Hall–Kier alpha value is -2.30. The monoisotopic (exact) mass is 331 g/mol. The molecule has 1 amide bonds. The molecule has 0 fully saturated rings. The quantitative estimate of drug-likeness (QED) is 0.786. The third-order valence-corrected chi connectivity index (χ3v) is 4.79. The highest BCUT2D eigenvalue weighted by Crippen LogP contribution is 2.34. The fraction of sp³-hybridized carbons (Fsp3) is 0.474. The van der Waals surface area contributed by atoms with Gasteiger partial charge in [0, 0.05) is 6.54 Å². The number of nitrogens with one attached hydrogen (secondary N) is 1. The third kappa shape index (κ3) is 4.37. The third-order valence-electron chi connectivity index (χ3n) is 4.79. The summed E-state index contributed by atoms with van der Waals surface area (Å²) in [5.41, 5.74) is 3.31. The normalized spacial score (nSPS) is 20.6. The molecule has 0 unspecified atom stereocenters. The SMILES string of the molecule is COc1ccc(CCNC(=O)[C@H]2CC(C)=C(C)C[C@H]2C(=O)O)cc1. The summed E-state index contributed by atoms with van der Waals surface area (Å²) < 4.78 is 5.11. The highest BCUT2D eigenvalue weighted by Gasteiger charge is 2.36. The lowest BCUT2D eigenvalue weighted by molar-refractivity contribution is -0.147. The molecule has 1 aliphatic carbocycles. The largest absolute Gasteiger partial charge is 0.497 e. The molecule has 2 rings (SSSR count). The zero-order valence-electron chi connectivity index (χ0n) is 14.5. The van der Waals surface area contributed by atoms with Crippen LogP contribution in [-0.4, -0.2) is 30.6 Å². The molecule has 1 aromatic rings. The van der Waals surface area contributed by atoms with E-state index in [1.54, 1.807) is 7.11 Å². The number of hydrogen-bond donors (Lipinski definition) is 2. The van der Waals surface area contributed by atoms with Crippen LogP contribution in [0.3, 0.4) is 0 Å². The number of aliphatic carboxylic acids is 1. The summed E-state index contributed by atoms with van der Waals surface area (Å²) in [6.07, 6.45) is 1.68. The van der Waals surface area contributed by atoms with Crippen LogP contribution in [0.2, 0.25) is 0 Å². The van der Waals surface area contributed by atoms with E-state index in [9.17, 15) is 14.7 Å². The number of ether oxygens (including phenoxy) is 1. The molecule has 5 nitrogen and oxygen atoms in total. The molecule has 0 saturated heterocycles. The predicted molar refractivity (Wildman–Crippen MR) is 91.9 cm³/mol. The van der Waals surface area contributed by atoms with Gasteiger partial charge in [-0.05, 0) is 50.8 Å². The second-order valence-corrected chi connectivity index (χ2v) is 6.41. The van der Waals surface area contributed by atoms with E-state index in [1.165, 1.54) is 0 Å². The van der Waals surface area contributed by atoms with Crippen LogP contribution in [0.5, 0.6) is 5.75 Å². The first-order valence-corrected chi connectivity index (χ1v) is 8.21. The van der Waals surface area contributed by atoms with Crippen molar-refractivity contribution in [1.82, 2.24) is 5.32 Å². The Bertz CT molecular complexity index is 633. The molecule has 0 radical (unpaired) electrons. The predicted octanol–water partition coefficient (Wildman–Crippen LogP) is 2.80. The molecule has 24 heavy (non-hydrogen) atoms. The summed E-state index contributed by atoms with van der Waals surface area (Å²) in [6.45, 7) is 4.42. The number of allylic oxidation sites excluding steroid dienone is 2. The van der Waals surface area contributed by atoms with E-state index < -0.39 is 17.8 Å². The van der Waals surface area contributed by atoms with E-state index in [0.29, 0.717) is 25.8 Å². The van der Waals surface area contributed by atoms with Gasteiger partial charge in [0.25, 0.3) is 0 Å². The van der Waals surface area contributed by atoms with E-state index in [-0.39, 0.29) is 5.91 Å². The first kappa shape index (κ1) is 18.0. The Morgan fingerprint density at radius 2 is 1.71 bits per heavy atom. The Balaban J connectivity index is 1.91.